The highest BCUT2D eigenvalue weighted by Gasteiger charge is 2.22. The molecule has 2 aromatic rings. The van der Waals surface area contributed by atoms with Gasteiger partial charge in [0.2, 0.25) is 5.75 Å². The molecule has 1 aliphatic heterocycles. The van der Waals surface area contributed by atoms with E-state index in [9.17, 15) is 4.79 Å². The first kappa shape index (κ1) is 20.8. The van der Waals surface area contributed by atoms with Crippen LogP contribution in [0.15, 0.2) is 36.4 Å². The average molecular weight is 400 g/mol. The Labute approximate surface area is 172 Å². The summed E-state index contributed by atoms with van der Waals surface area (Å²) in [4.78, 5) is 16.9. The number of hydrogen-bond acceptors (Lipinski definition) is 5. The van der Waals surface area contributed by atoms with Gasteiger partial charge in [0.05, 0.1) is 65.4 Å². The lowest BCUT2D eigenvalue weighted by Crippen LogP contribution is -3.14. The van der Waals surface area contributed by atoms with Gasteiger partial charge in [-0.25, -0.2) is 0 Å². The van der Waals surface area contributed by atoms with E-state index in [0.717, 1.165) is 44.1 Å². The van der Waals surface area contributed by atoms with Crippen molar-refractivity contribution in [1.82, 2.24) is 0 Å². The molecule has 1 amide bonds. The Balaban J connectivity index is 1.83. The second-order valence-corrected chi connectivity index (χ2v) is 6.98. The van der Waals surface area contributed by atoms with Gasteiger partial charge in [0.15, 0.2) is 11.5 Å². The highest BCUT2D eigenvalue weighted by Crippen LogP contribution is 2.38. The van der Waals surface area contributed by atoms with Crippen LogP contribution in [0.4, 0.5) is 11.4 Å². The topological polar surface area (TPSA) is 64.5 Å². The van der Waals surface area contributed by atoms with Crippen LogP contribution in [0.25, 0.3) is 0 Å². The molecule has 1 heterocycles. The molecule has 7 nitrogen and oxygen atoms in total. The number of carbonyl (C=O) groups excluding carboxylic acids is 1. The minimum atomic E-state index is -0.227. The van der Waals surface area contributed by atoms with Crippen molar-refractivity contribution in [2.75, 3.05) is 64.3 Å². The summed E-state index contributed by atoms with van der Waals surface area (Å²) in [5.74, 6) is 1.13. The van der Waals surface area contributed by atoms with Crippen LogP contribution in [-0.4, -0.2) is 60.0 Å². The number of likely N-dealkylation sites (N-methyl/N-ethyl adjacent to an activating group) is 1. The average Bonchev–Trinajstić information content (AvgIpc) is 2.78. The number of nitrogens with zero attached hydrogens (tertiary/aromatic N) is 1. The number of benzene rings is 2. The van der Waals surface area contributed by atoms with E-state index in [1.165, 1.54) is 21.3 Å². The molecule has 3 rings (SSSR count). The number of ether oxygens (including phenoxy) is 3. The molecule has 0 aromatic heterocycles. The molecule has 1 aliphatic rings. The van der Waals surface area contributed by atoms with Gasteiger partial charge in [-0.2, -0.15) is 0 Å². The van der Waals surface area contributed by atoms with Crippen LogP contribution in [0, 0.1) is 0 Å². The third-order valence-electron chi connectivity index (χ3n) is 5.39. The molecule has 0 saturated carbocycles. The van der Waals surface area contributed by atoms with Gasteiger partial charge < -0.3 is 29.3 Å². The molecule has 2 aromatic carbocycles. The SMILES string of the molecule is CC[NH+]1CCN(c2ccccc2NC(=O)c2cc(OC)c(OC)c(OC)c2)CC1. The third-order valence-corrected chi connectivity index (χ3v) is 5.39. The number of nitrogens with one attached hydrogen (secondary N) is 2. The Morgan fingerprint density at radius 2 is 1.66 bits per heavy atom. The number of carbonyl (C=O) groups is 1. The van der Waals surface area contributed by atoms with E-state index in [4.69, 9.17) is 14.2 Å². The maximum atomic E-state index is 13.0. The van der Waals surface area contributed by atoms with Gasteiger partial charge in [-0.15, -0.1) is 0 Å². The number of rotatable bonds is 7. The van der Waals surface area contributed by atoms with Gasteiger partial charge in [0.25, 0.3) is 5.91 Å². The lowest BCUT2D eigenvalue weighted by molar-refractivity contribution is -0.898. The van der Waals surface area contributed by atoms with E-state index in [0.29, 0.717) is 22.8 Å². The van der Waals surface area contributed by atoms with Crippen LogP contribution >= 0.6 is 0 Å². The van der Waals surface area contributed by atoms with Gasteiger partial charge in [-0.05, 0) is 31.2 Å². The summed E-state index contributed by atoms with van der Waals surface area (Å²) >= 11 is 0. The van der Waals surface area contributed by atoms with Crippen LogP contribution < -0.4 is 29.3 Å². The van der Waals surface area contributed by atoms with Crippen LogP contribution in [0.1, 0.15) is 17.3 Å². The monoisotopic (exact) mass is 400 g/mol. The summed E-state index contributed by atoms with van der Waals surface area (Å²) in [7, 11) is 4.61. The van der Waals surface area contributed by atoms with Crippen LogP contribution in [-0.2, 0) is 0 Å². The number of quaternary nitrogens is 1. The zero-order chi connectivity index (χ0) is 20.8. The van der Waals surface area contributed by atoms with Crippen molar-refractivity contribution in [3.05, 3.63) is 42.0 Å². The quantitative estimate of drug-likeness (QED) is 0.741. The number of anilines is 2. The van der Waals surface area contributed by atoms with Crippen molar-refractivity contribution in [2.45, 2.75) is 6.92 Å². The van der Waals surface area contributed by atoms with Gasteiger partial charge in [-0.3, -0.25) is 4.79 Å². The van der Waals surface area contributed by atoms with E-state index >= 15 is 0 Å². The summed E-state index contributed by atoms with van der Waals surface area (Å²) < 4.78 is 16.1. The maximum absolute atomic E-state index is 13.0. The second kappa shape index (κ2) is 9.52. The molecular formula is C22H30N3O4+. The van der Waals surface area contributed by atoms with Crippen LogP contribution in [0.3, 0.4) is 0 Å². The standard InChI is InChI=1S/C22H29N3O4/c1-5-24-10-12-25(13-11-24)18-9-7-6-8-17(18)23-22(26)16-14-19(27-2)21(29-4)20(15-16)28-3/h6-9,14-15H,5,10-13H2,1-4H3,(H,23,26)/p+1. The molecular weight excluding hydrogens is 370 g/mol. The van der Waals surface area contributed by atoms with Crippen molar-refractivity contribution in [3.63, 3.8) is 0 Å². The van der Waals surface area contributed by atoms with Gasteiger partial charge in [0, 0.05) is 5.56 Å². The Hall–Kier alpha value is -2.93. The van der Waals surface area contributed by atoms with E-state index in [-0.39, 0.29) is 5.91 Å². The smallest absolute Gasteiger partial charge is 0.255 e. The highest BCUT2D eigenvalue weighted by molar-refractivity contribution is 6.06. The van der Waals surface area contributed by atoms with Crippen LogP contribution in [0.2, 0.25) is 0 Å². The van der Waals surface area contributed by atoms with Gasteiger partial charge >= 0.3 is 0 Å². The Morgan fingerprint density at radius 1 is 1.03 bits per heavy atom. The Morgan fingerprint density at radius 3 is 2.21 bits per heavy atom. The lowest BCUT2D eigenvalue weighted by Gasteiger charge is -2.34. The second-order valence-electron chi connectivity index (χ2n) is 6.98. The van der Waals surface area contributed by atoms with Crippen molar-refractivity contribution in [1.29, 1.82) is 0 Å². The molecule has 0 aliphatic carbocycles. The van der Waals surface area contributed by atoms with Gasteiger partial charge in [0.1, 0.15) is 0 Å². The molecule has 0 bridgehead atoms. The minimum Gasteiger partial charge on any atom is -0.493 e. The molecule has 0 spiro atoms. The Bertz CT molecular complexity index is 823. The third kappa shape index (κ3) is 4.56. The zero-order valence-electron chi connectivity index (χ0n) is 17.6. The fraction of sp³-hybridized carbons (Fsp3) is 0.409. The number of hydrogen-bond donors (Lipinski definition) is 2. The number of amides is 1. The van der Waals surface area contributed by atoms with E-state index < -0.39 is 0 Å². The molecule has 1 saturated heterocycles. The molecule has 2 N–H and O–H groups in total. The van der Waals surface area contributed by atoms with Crippen molar-refractivity contribution in [3.8, 4) is 17.2 Å². The zero-order valence-corrected chi connectivity index (χ0v) is 17.6. The normalized spacial score (nSPS) is 14.4. The first-order valence-electron chi connectivity index (χ1n) is 9.90. The van der Waals surface area contributed by atoms with Crippen molar-refractivity contribution < 1.29 is 23.9 Å². The molecule has 0 radical (unpaired) electrons. The van der Waals surface area contributed by atoms with Crippen LogP contribution in [0.5, 0.6) is 17.2 Å². The maximum Gasteiger partial charge on any atom is 0.255 e. The fourth-order valence-corrected chi connectivity index (χ4v) is 3.68. The lowest BCUT2D eigenvalue weighted by atomic mass is 10.1. The summed E-state index contributed by atoms with van der Waals surface area (Å²) in [6, 6.07) is 11.2. The van der Waals surface area contributed by atoms with Gasteiger partial charge in [-0.1, -0.05) is 12.1 Å². The summed E-state index contributed by atoms with van der Waals surface area (Å²) in [5, 5.41) is 3.05. The van der Waals surface area contributed by atoms with Crippen molar-refractivity contribution >= 4 is 17.3 Å². The highest BCUT2D eigenvalue weighted by atomic mass is 16.5. The summed E-state index contributed by atoms with van der Waals surface area (Å²) in [6.07, 6.45) is 0. The first-order chi connectivity index (χ1) is 14.1. The summed E-state index contributed by atoms with van der Waals surface area (Å²) in [6.45, 7) is 7.52. The molecule has 156 valence electrons. The molecule has 0 unspecified atom stereocenters. The minimum absolute atomic E-state index is 0.227. The number of para-hydroxylation sites is 2. The number of methoxy groups -OCH3 is 3. The fourth-order valence-electron chi connectivity index (χ4n) is 3.68. The van der Waals surface area contributed by atoms with Crippen molar-refractivity contribution in [2.24, 2.45) is 0 Å². The van der Waals surface area contributed by atoms with E-state index in [2.05, 4.69) is 23.2 Å². The molecule has 7 heteroatoms. The Kier molecular flexibility index (Phi) is 6.82. The largest absolute Gasteiger partial charge is 0.493 e. The molecule has 29 heavy (non-hydrogen) atoms. The summed E-state index contributed by atoms with van der Waals surface area (Å²) in [5.41, 5.74) is 2.28. The first-order valence-corrected chi connectivity index (χ1v) is 9.90. The molecule has 0 atom stereocenters. The number of piperazine rings is 1. The molecule has 1 fully saturated rings. The van der Waals surface area contributed by atoms with E-state index in [1.54, 1.807) is 17.0 Å². The predicted molar refractivity (Wildman–Crippen MR) is 114 cm³/mol. The predicted octanol–water partition coefficient (Wildman–Crippen LogP) is 1.69. The van der Waals surface area contributed by atoms with E-state index in [1.807, 2.05) is 18.2 Å².